The Morgan fingerprint density at radius 2 is 1.42 bits per heavy atom. The number of para-hydroxylation sites is 1. The molecule has 0 saturated carbocycles. The lowest BCUT2D eigenvalue weighted by Crippen LogP contribution is -2.55. The number of morpholine rings is 1. The SMILES string of the molecule is COc1cccc2c1C(=O)c1c(O)c3c(c(O)c1C2=O)CC(O)(C(=O)NCCNC(=O)CNC(=O)CNC(=O)CNC(=O)CCCCC(=O)N1Cc2ccccc2C#Cc2ccccc21)CC3OC1CC2C(OC3C(OC)OCCN23)C(C)O1. The molecule has 0 aromatic heterocycles. The van der Waals surface area contributed by atoms with Gasteiger partial charge in [-0.1, -0.05) is 54.3 Å². The fraction of sp³-hybridized carbons (Fsp3) is 0.433. The number of methoxy groups -OCH3 is 2. The molecule has 3 fully saturated rings. The summed E-state index contributed by atoms with van der Waals surface area (Å²) in [5.41, 5.74) is -0.717. The Morgan fingerprint density at radius 1 is 0.750 bits per heavy atom. The maximum atomic E-state index is 14.3. The van der Waals surface area contributed by atoms with E-state index in [2.05, 4.69) is 43.3 Å². The predicted octanol–water partition coefficient (Wildman–Crippen LogP) is 1.24. The Balaban J connectivity index is 0.689. The number of hydrogen-bond donors (Lipinski definition) is 8. The Bertz CT molecular complexity index is 3360. The number of aromatic hydroxyl groups is 2. The molecule has 24 nitrogen and oxygen atoms in total. The molecule has 442 valence electrons. The van der Waals surface area contributed by atoms with E-state index in [-0.39, 0.29) is 72.3 Å². The van der Waals surface area contributed by atoms with Gasteiger partial charge in [0.1, 0.15) is 29.0 Å². The molecule has 8 atom stereocenters. The average Bonchev–Trinajstić information content (AvgIpc) is 0.938. The van der Waals surface area contributed by atoms with Gasteiger partial charge in [0, 0.05) is 92.7 Å². The molecule has 4 aromatic rings. The summed E-state index contributed by atoms with van der Waals surface area (Å²) in [4.78, 5) is 110. The number of amides is 6. The standard InChI is InChI=1S/C60H65N7O17/c1-32-56-39(66-23-24-81-58(80-3)57(66)84-56)25-47(82-32)83-41-27-60(78,26-37-49(41)55(76)51-50(53(37)74)52(73)36-14-10-16-40(79-2)48(36)54(51)75)59(77)62-22-21-61-43(69)28-64-45(71)30-65-44(70)29-63-42(68)17-8-9-18-46(72)67-31-35-13-5-4-11-33(35)19-20-34-12-6-7-15-38(34)67/h4-7,10-16,32,39,41,47,56-58,74,76,78H,8-9,17-18,21-31H2,1-3H3,(H,61,69)(H,62,77)(H,63,68)(H,64,71)(H,65,70). The van der Waals surface area contributed by atoms with E-state index in [1.165, 1.54) is 32.4 Å². The number of benzene rings is 4. The minimum Gasteiger partial charge on any atom is -0.507 e. The second-order valence-electron chi connectivity index (χ2n) is 21.2. The first-order valence-corrected chi connectivity index (χ1v) is 27.8. The van der Waals surface area contributed by atoms with Crippen LogP contribution in [0, 0.1) is 11.8 Å². The Hall–Kier alpha value is -8.28. The lowest BCUT2D eigenvalue weighted by Gasteiger charge is -2.43. The highest BCUT2D eigenvalue weighted by Gasteiger charge is 2.55. The van der Waals surface area contributed by atoms with E-state index in [0.717, 1.165) is 22.4 Å². The van der Waals surface area contributed by atoms with Gasteiger partial charge in [0.2, 0.25) is 35.3 Å². The molecule has 2 aliphatic carbocycles. The molecule has 10 rings (SSSR count). The first-order valence-electron chi connectivity index (χ1n) is 27.8. The molecule has 8 N–H and O–H groups in total. The monoisotopic (exact) mass is 1160 g/mol. The molecule has 0 radical (unpaired) electrons. The number of aliphatic hydroxyl groups is 1. The van der Waals surface area contributed by atoms with Crippen LogP contribution in [0.5, 0.6) is 17.2 Å². The first kappa shape index (κ1) is 58.9. The van der Waals surface area contributed by atoms with Crippen molar-refractivity contribution < 1.29 is 82.1 Å². The van der Waals surface area contributed by atoms with Gasteiger partial charge >= 0.3 is 0 Å². The van der Waals surface area contributed by atoms with Crippen molar-refractivity contribution in [1.29, 1.82) is 0 Å². The number of fused-ring (bicyclic) bond motifs is 8. The molecule has 6 amide bonds. The quantitative estimate of drug-likeness (QED) is 0.0328. The zero-order chi connectivity index (χ0) is 59.4. The summed E-state index contributed by atoms with van der Waals surface area (Å²) in [5, 5.41) is 48.7. The van der Waals surface area contributed by atoms with Crippen LogP contribution in [0.15, 0.2) is 66.7 Å². The van der Waals surface area contributed by atoms with Crippen molar-refractivity contribution in [2.75, 3.05) is 65.0 Å². The minimum atomic E-state index is -2.38. The highest BCUT2D eigenvalue weighted by Crippen LogP contribution is 2.53. The zero-order valence-corrected chi connectivity index (χ0v) is 46.5. The highest BCUT2D eigenvalue weighted by molar-refractivity contribution is 6.31. The molecule has 0 bridgehead atoms. The number of nitrogens with zero attached hydrogens (tertiary/aromatic N) is 2. The van der Waals surface area contributed by atoms with Crippen LogP contribution in [0.4, 0.5) is 5.69 Å². The molecule has 0 spiro atoms. The Morgan fingerprint density at radius 3 is 2.17 bits per heavy atom. The molecular formula is C60H65N7O17. The van der Waals surface area contributed by atoms with Crippen LogP contribution < -0.4 is 36.2 Å². The van der Waals surface area contributed by atoms with Crippen LogP contribution in [0.2, 0.25) is 0 Å². The number of phenols is 2. The number of phenolic OH excluding ortho intramolecular Hbond substituents is 2. The van der Waals surface area contributed by atoms with Gasteiger partial charge < -0.3 is 75.2 Å². The van der Waals surface area contributed by atoms with Gasteiger partial charge in [-0.25, -0.2) is 0 Å². The van der Waals surface area contributed by atoms with Crippen molar-refractivity contribution in [1.82, 2.24) is 31.5 Å². The Kier molecular flexibility index (Phi) is 17.7. The van der Waals surface area contributed by atoms with Crippen molar-refractivity contribution in [3.05, 3.63) is 117 Å². The number of hydrogen-bond acceptors (Lipinski definition) is 18. The van der Waals surface area contributed by atoms with Crippen molar-refractivity contribution in [3.63, 3.8) is 0 Å². The summed E-state index contributed by atoms with van der Waals surface area (Å²) in [6.45, 7) is 1.19. The first-order chi connectivity index (χ1) is 40.5. The predicted molar refractivity (Wildman–Crippen MR) is 295 cm³/mol. The summed E-state index contributed by atoms with van der Waals surface area (Å²) in [6, 6.07) is 19.2. The number of nitrogens with one attached hydrogen (secondary N) is 5. The number of ether oxygens (including phenoxy) is 6. The van der Waals surface area contributed by atoms with E-state index < -0.39 is 139 Å². The van der Waals surface area contributed by atoms with Crippen molar-refractivity contribution in [2.24, 2.45) is 0 Å². The molecule has 24 heteroatoms. The zero-order valence-electron chi connectivity index (χ0n) is 46.5. The lowest BCUT2D eigenvalue weighted by atomic mass is 9.72. The van der Waals surface area contributed by atoms with E-state index in [1.54, 1.807) is 11.8 Å². The molecule has 6 aliphatic rings. The summed E-state index contributed by atoms with van der Waals surface area (Å²) in [5.74, 6) is -0.123. The summed E-state index contributed by atoms with van der Waals surface area (Å²) in [7, 11) is 2.83. The van der Waals surface area contributed by atoms with Crippen LogP contribution in [0.3, 0.4) is 0 Å². The largest absolute Gasteiger partial charge is 0.507 e. The fourth-order valence-electron chi connectivity index (χ4n) is 11.8. The van der Waals surface area contributed by atoms with Gasteiger partial charge in [-0.3, -0.25) is 43.3 Å². The summed E-state index contributed by atoms with van der Waals surface area (Å²) in [6.07, 6.45) is -4.53. The van der Waals surface area contributed by atoms with Crippen LogP contribution in [0.25, 0.3) is 0 Å². The third-order valence-corrected chi connectivity index (χ3v) is 15.9. The molecule has 84 heavy (non-hydrogen) atoms. The third kappa shape index (κ3) is 12.1. The molecule has 3 saturated heterocycles. The smallest absolute Gasteiger partial charge is 0.252 e. The number of unbranched alkanes of at least 4 members (excludes halogenated alkanes) is 1. The van der Waals surface area contributed by atoms with Gasteiger partial charge in [0.05, 0.1) is 74.5 Å². The highest BCUT2D eigenvalue weighted by atomic mass is 16.7. The van der Waals surface area contributed by atoms with Gasteiger partial charge in [-0.2, -0.15) is 0 Å². The third-order valence-electron chi connectivity index (χ3n) is 15.9. The van der Waals surface area contributed by atoms with Crippen LogP contribution in [0.1, 0.15) is 111 Å². The van der Waals surface area contributed by atoms with E-state index in [1.807, 2.05) is 48.5 Å². The number of ketones is 2. The second kappa shape index (κ2) is 25.3. The van der Waals surface area contributed by atoms with Crippen LogP contribution in [-0.4, -0.2) is 170 Å². The number of carbonyl (C=O) groups is 8. The molecule has 8 unspecified atom stereocenters. The van der Waals surface area contributed by atoms with Crippen LogP contribution >= 0.6 is 0 Å². The van der Waals surface area contributed by atoms with E-state index >= 15 is 0 Å². The second-order valence-corrected chi connectivity index (χ2v) is 21.2. The topological polar surface area (TPSA) is 319 Å². The van der Waals surface area contributed by atoms with Gasteiger partial charge in [0.25, 0.3) is 5.91 Å². The normalized spacial score (nSPS) is 23.6. The summed E-state index contributed by atoms with van der Waals surface area (Å²) < 4.78 is 35.9. The van der Waals surface area contributed by atoms with E-state index in [4.69, 9.17) is 28.4 Å². The summed E-state index contributed by atoms with van der Waals surface area (Å²) >= 11 is 0. The molecule has 4 heterocycles. The molecule has 4 aliphatic heterocycles. The van der Waals surface area contributed by atoms with Crippen molar-refractivity contribution >= 4 is 52.7 Å². The van der Waals surface area contributed by atoms with Gasteiger partial charge in [-0.05, 0) is 49.6 Å². The number of anilines is 1. The minimum absolute atomic E-state index is 0.0632. The maximum Gasteiger partial charge on any atom is 0.252 e. The van der Waals surface area contributed by atoms with Gasteiger partial charge in [-0.15, -0.1) is 0 Å². The van der Waals surface area contributed by atoms with Crippen LogP contribution in [-0.2, 0) is 65.4 Å². The van der Waals surface area contributed by atoms with Crippen molar-refractivity contribution in [2.45, 2.75) is 107 Å². The average molecular weight is 1160 g/mol. The molecule has 4 aromatic carbocycles. The van der Waals surface area contributed by atoms with E-state index in [0.29, 0.717) is 32.5 Å². The lowest BCUT2D eigenvalue weighted by molar-refractivity contribution is -0.256. The number of rotatable bonds is 19. The molecular weight excluding hydrogens is 1090 g/mol. The van der Waals surface area contributed by atoms with E-state index in [9.17, 15) is 53.7 Å². The van der Waals surface area contributed by atoms with Gasteiger partial charge in [0.15, 0.2) is 24.6 Å². The fourth-order valence-corrected chi connectivity index (χ4v) is 11.8. The Labute approximate surface area is 482 Å². The van der Waals surface area contributed by atoms with Crippen molar-refractivity contribution in [3.8, 4) is 29.1 Å². The maximum absolute atomic E-state index is 14.3. The number of carbonyl (C=O) groups excluding carboxylic acids is 8.